The van der Waals surface area contributed by atoms with Crippen molar-refractivity contribution in [3.8, 4) is 10.6 Å². The molecule has 2 aromatic carbocycles. The number of nitrogens with one attached hydrogen (secondary N) is 1. The maximum Gasteiger partial charge on any atom is 0.434 e. The summed E-state index contributed by atoms with van der Waals surface area (Å²) in [6.07, 6.45) is -6.70. The number of amides is 1. The number of hydrogen-bond donors (Lipinski definition) is 1. The Balaban J connectivity index is 1.50. The second-order valence-electron chi connectivity index (χ2n) is 7.98. The summed E-state index contributed by atoms with van der Waals surface area (Å²) in [5.74, 6) is -2.30. The van der Waals surface area contributed by atoms with Crippen molar-refractivity contribution in [1.29, 1.82) is 0 Å². The molecular weight excluding hydrogens is 532 g/mol. The Morgan fingerprint density at radius 3 is 2.44 bits per heavy atom. The number of thiazole rings is 1. The predicted molar refractivity (Wildman–Crippen MR) is 118 cm³/mol. The number of halogens is 6. The molecule has 3 aromatic rings. The smallest absolute Gasteiger partial charge is 0.351 e. The number of hydrogen-bond acceptors (Lipinski definition) is 5. The molecule has 36 heavy (non-hydrogen) atoms. The molecule has 0 spiro atoms. The third-order valence-electron chi connectivity index (χ3n) is 5.39. The van der Waals surface area contributed by atoms with Gasteiger partial charge in [0.1, 0.15) is 28.9 Å². The van der Waals surface area contributed by atoms with Gasteiger partial charge in [0.05, 0.1) is 4.90 Å². The molecule has 1 fully saturated rings. The van der Waals surface area contributed by atoms with E-state index >= 15 is 0 Å². The van der Waals surface area contributed by atoms with Crippen LogP contribution < -0.4 is 5.32 Å². The van der Waals surface area contributed by atoms with E-state index in [1.54, 1.807) is 0 Å². The minimum atomic E-state index is -4.66. The van der Waals surface area contributed by atoms with Gasteiger partial charge in [-0.2, -0.15) is 17.5 Å². The first-order valence-corrected chi connectivity index (χ1v) is 12.7. The van der Waals surface area contributed by atoms with Gasteiger partial charge in [-0.25, -0.2) is 26.6 Å². The monoisotopic (exact) mass is 549 g/mol. The highest BCUT2D eigenvalue weighted by Crippen LogP contribution is 2.34. The Morgan fingerprint density at radius 1 is 1.11 bits per heavy atom. The van der Waals surface area contributed by atoms with Gasteiger partial charge >= 0.3 is 6.18 Å². The lowest BCUT2D eigenvalue weighted by molar-refractivity contribution is -0.140. The highest BCUT2D eigenvalue weighted by Gasteiger charge is 2.44. The molecule has 1 aromatic heterocycles. The molecule has 1 saturated heterocycles. The maximum absolute atomic E-state index is 14.2. The lowest BCUT2D eigenvalue weighted by Crippen LogP contribution is -2.45. The molecule has 1 N–H and O–H groups in total. The molecule has 1 amide bonds. The fraction of sp³-hybridized carbons (Fsp3) is 0.273. The summed E-state index contributed by atoms with van der Waals surface area (Å²) in [4.78, 5) is 15.9. The number of alkyl halides is 4. The number of aromatic nitrogens is 1. The molecule has 4 rings (SSSR count). The van der Waals surface area contributed by atoms with Crippen LogP contribution in [0.1, 0.15) is 17.7 Å². The van der Waals surface area contributed by atoms with Gasteiger partial charge < -0.3 is 5.32 Å². The van der Waals surface area contributed by atoms with Crippen LogP contribution in [-0.2, 0) is 27.5 Å². The largest absolute Gasteiger partial charge is 0.434 e. The number of nitrogens with zero attached hydrogens (tertiary/aromatic N) is 2. The SMILES string of the molecule is O=C(NCc1cc(F)cc(-c2nc(C(F)(F)F)cs2)c1)C1CC(F)CN1S(=O)(=O)c1ccc(F)cc1. The van der Waals surface area contributed by atoms with Crippen LogP contribution in [0.15, 0.2) is 52.7 Å². The summed E-state index contributed by atoms with van der Waals surface area (Å²) >= 11 is 0.670. The molecule has 14 heteroatoms. The van der Waals surface area contributed by atoms with E-state index in [0.717, 1.165) is 41.8 Å². The third-order valence-corrected chi connectivity index (χ3v) is 8.17. The van der Waals surface area contributed by atoms with E-state index in [-0.39, 0.29) is 27.6 Å². The number of benzene rings is 2. The zero-order chi connectivity index (χ0) is 26.3. The first-order valence-electron chi connectivity index (χ1n) is 10.4. The average Bonchev–Trinajstić information content (AvgIpc) is 3.45. The van der Waals surface area contributed by atoms with E-state index in [1.807, 2.05) is 0 Å². The Morgan fingerprint density at radius 2 is 1.81 bits per heavy atom. The highest BCUT2D eigenvalue weighted by molar-refractivity contribution is 7.89. The van der Waals surface area contributed by atoms with E-state index in [9.17, 15) is 39.6 Å². The van der Waals surface area contributed by atoms with Crippen molar-refractivity contribution >= 4 is 27.3 Å². The summed E-state index contributed by atoms with van der Waals surface area (Å²) in [6.45, 7) is -0.882. The van der Waals surface area contributed by atoms with Gasteiger partial charge in [0.25, 0.3) is 0 Å². The second-order valence-corrected chi connectivity index (χ2v) is 10.7. The Hall–Kier alpha value is -2.97. The van der Waals surface area contributed by atoms with E-state index in [4.69, 9.17) is 0 Å². The number of carbonyl (C=O) groups excluding carboxylic acids is 1. The van der Waals surface area contributed by atoms with Crippen molar-refractivity contribution in [2.75, 3.05) is 6.54 Å². The summed E-state index contributed by atoms with van der Waals surface area (Å²) in [7, 11) is -4.32. The molecule has 6 nitrogen and oxygen atoms in total. The van der Waals surface area contributed by atoms with Crippen LogP contribution in [0.3, 0.4) is 0 Å². The van der Waals surface area contributed by atoms with Gasteiger partial charge in [-0.15, -0.1) is 11.3 Å². The Bertz CT molecular complexity index is 1380. The van der Waals surface area contributed by atoms with Crippen molar-refractivity contribution in [1.82, 2.24) is 14.6 Å². The second kappa shape index (κ2) is 9.82. The summed E-state index contributed by atoms with van der Waals surface area (Å²) in [6, 6.07) is 5.82. The first-order chi connectivity index (χ1) is 16.8. The summed E-state index contributed by atoms with van der Waals surface area (Å²) in [5.41, 5.74) is -0.888. The molecule has 192 valence electrons. The van der Waals surface area contributed by atoms with Crippen molar-refractivity contribution in [3.63, 3.8) is 0 Å². The van der Waals surface area contributed by atoms with E-state index < -0.39 is 64.6 Å². The van der Waals surface area contributed by atoms with E-state index in [2.05, 4.69) is 10.3 Å². The molecule has 0 radical (unpaired) electrons. The normalized spacial score (nSPS) is 18.9. The zero-order valence-electron chi connectivity index (χ0n) is 18.1. The van der Waals surface area contributed by atoms with Gasteiger partial charge in [0.15, 0.2) is 5.69 Å². The highest BCUT2D eigenvalue weighted by atomic mass is 32.2. The Kier molecular flexibility index (Phi) is 7.12. The van der Waals surface area contributed by atoms with Gasteiger partial charge in [-0.1, -0.05) is 0 Å². The molecule has 0 bridgehead atoms. The summed E-state index contributed by atoms with van der Waals surface area (Å²) in [5, 5.41) is 3.14. The van der Waals surface area contributed by atoms with Crippen LogP contribution in [0.4, 0.5) is 26.3 Å². The van der Waals surface area contributed by atoms with Crippen LogP contribution in [0.25, 0.3) is 10.6 Å². The number of rotatable bonds is 6. The lowest BCUT2D eigenvalue weighted by atomic mass is 10.1. The fourth-order valence-corrected chi connectivity index (χ4v) is 6.16. The van der Waals surface area contributed by atoms with E-state index in [1.165, 1.54) is 6.07 Å². The molecule has 2 atom stereocenters. The van der Waals surface area contributed by atoms with Crippen LogP contribution in [0.5, 0.6) is 0 Å². The van der Waals surface area contributed by atoms with Crippen LogP contribution in [0.2, 0.25) is 0 Å². The topological polar surface area (TPSA) is 79.4 Å². The maximum atomic E-state index is 14.2. The minimum absolute atomic E-state index is 0.0601. The van der Waals surface area contributed by atoms with Crippen LogP contribution in [-0.4, -0.2) is 42.4 Å². The molecule has 2 unspecified atom stereocenters. The lowest BCUT2D eigenvalue weighted by Gasteiger charge is -2.23. The molecule has 0 saturated carbocycles. The van der Waals surface area contributed by atoms with Crippen molar-refractivity contribution in [3.05, 3.63) is 70.7 Å². The molecular formula is C22H17F6N3O3S2. The van der Waals surface area contributed by atoms with Gasteiger partial charge in [0, 0.05) is 30.5 Å². The van der Waals surface area contributed by atoms with Crippen LogP contribution in [0, 0.1) is 11.6 Å². The molecule has 0 aliphatic carbocycles. The molecule has 1 aliphatic heterocycles. The third kappa shape index (κ3) is 5.55. The fourth-order valence-electron chi connectivity index (χ4n) is 3.72. The van der Waals surface area contributed by atoms with Gasteiger partial charge in [0.2, 0.25) is 15.9 Å². The number of sulfonamides is 1. The van der Waals surface area contributed by atoms with Gasteiger partial charge in [-0.05, 0) is 48.0 Å². The minimum Gasteiger partial charge on any atom is -0.351 e. The first kappa shape index (κ1) is 26.1. The number of carbonyl (C=O) groups is 1. The zero-order valence-corrected chi connectivity index (χ0v) is 19.7. The van der Waals surface area contributed by atoms with Crippen molar-refractivity contribution in [2.45, 2.75) is 36.3 Å². The predicted octanol–water partition coefficient (Wildman–Crippen LogP) is 4.52. The van der Waals surface area contributed by atoms with Crippen molar-refractivity contribution < 1.29 is 39.6 Å². The molecule has 2 heterocycles. The van der Waals surface area contributed by atoms with Crippen molar-refractivity contribution in [2.24, 2.45) is 0 Å². The van der Waals surface area contributed by atoms with Crippen LogP contribution >= 0.6 is 11.3 Å². The average molecular weight is 550 g/mol. The quantitative estimate of drug-likeness (QED) is 0.459. The van der Waals surface area contributed by atoms with E-state index in [0.29, 0.717) is 15.6 Å². The molecule has 1 aliphatic rings. The van der Waals surface area contributed by atoms with Gasteiger partial charge in [-0.3, -0.25) is 4.79 Å². The Labute approximate surface area is 205 Å². The summed E-state index contributed by atoms with van der Waals surface area (Å²) < 4.78 is 107. The standard InChI is InChI=1S/C22H17F6N3O3S2/c23-14-1-3-17(4-2-14)36(33,34)31-10-16(25)8-18(31)20(32)29-9-12-5-13(7-15(24)6-12)21-30-19(11-35-21)22(26,27)28/h1-7,11,16,18H,8-10H2,(H,29,32).